The second-order valence-corrected chi connectivity index (χ2v) is 9.70. The van der Waals surface area contributed by atoms with E-state index in [0.717, 1.165) is 12.1 Å². The fourth-order valence-corrected chi connectivity index (χ4v) is 4.84. The van der Waals surface area contributed by atoms with Crippen LogP contribution in [0.4, 0.5) is 26.3 Å². The number of benzene rings is 4. The highest BCUT2D eigenvalue weighted by Crippen LogP contribution is 2.40. The van der Waals surface area contributed by atoms with E-state index in [1.807, 2.05) is 0 Å². The van der Waals surface area contributed by atoms with Crippen LogP contribution in [0.3, 0.4) is 0 Å². The zero-order valence-corrected chi connectivity index (χ0v) is 22.8. The maximum Gasteiger partial charge on any atom is 0.573 e. The van der Waals surface area contributed by atoms with E-state index in [9.17, 15) is 31.1 Å². The normalized spacial score (nSPS) is 12.0. The third-order valence-electron chi connectivity index (χ3n) is 6.68. The van der Waals surface area contributed by atoms with E-state index < -0.39 is 35.5 Å². The lowest BCUT2D eigenvalue weighted by Crippen LogP contribution is -2.44. The Balaban J connectivity index is 1.81. The number of alkyl halides is 6. The number of nitrogens with one attached hydrogen (secondary N) is 1. The van der Waals surface area contributed by atoms with Gasteiger partial charge in [-0.1, -0.05) is 66.7 Å². The van der Waals surface area contributed by atoms with Gasteiger partial charge in [0.1, 0.15) is 17.2 Å². The third-order valence-corrected chi connectivity index (χ3v) is 6.68. The van der Waals surface area contributed by atoms with Crippen molar-refractivity contribution in [2.75, 3.05) is 13.7 Å². The summed E-state index contributed by atoms with van der Waals surface area (Å²) in [5.74, 6) is -0.913. The van der Waals surface area contributed by atoms with Crippen molar-refractivity contribution < 1.29 is 45.3 Å². The van der Waals surface area contributed by atoms with Crippen LogP contribution < -0.4 is 19.5 Å². The fraction of sp³-hybridized carbons (Fsp3) is 0.219. The van der Waals surface area contributed by atoms with Crippen molar-refractivity contribution in [3.63, 3.8) is 0 Å². The van der Waals surface area contributed by atoms with E-state index in [-0.39, 0.29) is 30.5 Å². The van der Waals surface area contributed by atoms with Gasteiger partial charge in [0.25, 0.3) is 0 Å². The third kappa shape index (κ3) is 8.91. The molecule has 4 aromatic rings. The Kier molecular flexibility index (Phi) is 9.53. The second kappa shape index (κ2) is 13.1. The molecule has 4 aromatic carbocycles. The minimum absolute atomic E-state index is 0.0485. The molecule has 0 fully saturated rings. The van der Waals surface area contributed by atoms with Crippen molar-refractivity contribution in [3.8, 4) is 17.2 Å². The molecule has 0 spiro atoms. The number of hydrogen-bond acceptors (Lipinski definition) is 4. The lowest BCUT2D eigenvalue weighted by atomic mass is 9.70. The summed E-state index contributed by atoms with van der Waals surface area (Å²) in [6.45, 7) is -0.185. The topological polar surface area (TPSA) is 56.8 Å². The zero-order valence-electron chi connectivity index (χ0n) is 22.8. The second-order valence-electron chi connectivity index (χ2n) is 9.70. The summed E-state index contributed by atoms with van der Waals surface area (Å²) in [4.78, 5) is 13.2. The molecule has 11 heteroatoms. The summed E-state index contributed by atoms with van der Waals surface area (Å²) in [5.41, 5.74) is 0.537. The quantitative estimate of drug-likeness (QED) is 0.182. The van der Waals surface area contributed by atoms with E-state index in [0.29, 0.717) is 16.9 Å². The molecular formula is C32H27F6NO4. The van der Waals surface area contributed by atoms with Crippen molar-refractivity contribution in [1.29, 1.82) is 0 Å². The molecule has 0 aliphatic heterocycles. The predicted octanol–water partition coefficient (Wildman–Crippen LogP) is 7.38. The van der Waals surface area contributed by atoms with E-state index >= 15 is 0 Å². The molecular weight excluding hydrogens is 576 g/mol. The minimum Gasteiger partial charge on any atom is -0.497 e. The molecule has 0 aliphatic rings. The highest BCUT2D eigenvalue weighted by molar-refractivity contribution is 5.79. The van der Waals surface area contributed by atoms with E-state index in [2.05, 4.69) is 14.8 Å². The molecule has 1 N–H and O–H groups in total. The van der Waals surface area contributed by atoms with Gasteiger partial charge in [-0.25, -0.2) is 0 Å². The Hall–Kier alpha value is -4.67. The van der Waals surface area contributed by atoms with Crippen LogP contribution in [0.5, 0.6) is 17.2 Å². The number of amides is 1. The van der Waals surface area contributed by atoms with Gasteiger partial charge in [0.15, 0.2) is 0 Å². The molecule has 0 heterocycles. The number of methoxy groups -OCH3 is 1. The van der Waals surface area contributed by atoms with Gasteiger partial charge in [-0.15, -0.1) is 26.3 Å². The van der Waals surface area contributed by atoms with E-state index in [1.165, 1.54) is 43.5 Å². The largest absolute Gasteiger partial charge is 0.573 e. The molecule has 0 bridgehead atoms. The minimum atomic E-state index is -4.98. The van der Waals surface area contributed by atoms with Crippen molar-refractivity contribution in [2.45, 2.75) is 31.0 Å². The van der Waals surface area contributed by atoms with Gasteiger partial charge in [0.2, 0.25) is 5.91 Å². The highest BCUT2D eigenvalue weighted by atomic mass is 19.4. The number of hydrogen-bond donors (Lipinski definition) is 1. The molecule has 0 saturated heterocycles. The number of carbonyl (C=O) groups is 1. The summed E-state index contributed by atoms with van der Waals surface area (Å²) in [6.07, 6.45) is -9.91. The molecule has 0 radical (unpaired) electrons. The van der Waals surface area contributed by atoms with Gasteiger partial charge in [0.05, 0.1) is 13.5 Å². The van der Waals surface area contributed by atoms with E-state index in [1.54, 1.807) is 54.6 Å². The van der Waals surface area contributed by atoms with Gasteiger partial charge >= 0.3 is 12.7 Å². The average molecular weight is 604 g/mol. The number of rotatable bonds is 11. The maximum absolute atomic E-state index is 13.2. The first kappa shape index (κ1) is 31.3. The molecule has 5 nitrogen and oxygen atoms in total. The van der Waals surface area contributed by atoms with Gasteiger partial charge < -0.3 is 19.5 Å². The van der Waals surface area contributed by atoms with Crippen molar-refractivity contribution in [1.82, 2.24) is 5.32 Å². The Morgan fingerprint density at radius 2 is 1.16 bits per heavy atom. The van der Waals surface area contributed by atoms with Crippen LogP contribution in [-0.2, 0) is 23.1 Å². The molecule has 0 atom stereocenters. The lowest BCUT2D eigenvalue weighted by Gasteiger charge is -2.36. The Morgan fingerprint density at radius 1 is 0.651 bits per heavy atom. The first-order chi connectivity index (χ1) is 20.3. The maximum atomic E-state index is 13.2. The summed E-state index contributed by atoms with van der Waals surface area (Å²) >= 11 is 0. The SMILES string of the molecule is COc1cccc(CC(=O)NCC(Cc2ccccc2)(c2cccc(OC(F)(F)F)c2)c2cccc(OC(F)(F)F)c2)c1. The van der Waals surface area contributed by atoms with Crippen molar-refractivity contribution >= 4 is 5.91 Å². The van der Waals surface area contributed by atoms with Crippen LogP contribution in [0, 0.1) is 0 Å². The summed E-state index contributed by atoms with van der Waals surface area (Å²) in [5, 5.41) is 2.86. The first-order valence-electron chi connectivity index (χ1n) is 13.0. The zero-order chi connectivity index (χ0) is 31.1. The van der Waals surface area contributed by atoms with Crippen LogP contribution in [0.1, 0.15) is 22.3 Å². The molecule has 43 heavy (non-hydrogen) atoms. The van der Waals surface area contributed by atoms with Crippen molar-refractivity contribution in [3.05, 3.63) is 125 Å². The summed E-state index contributed by atoms with van der Waals surface area (Å²) in [7, 11) is 1.49. The molecule has 0 saturated carbocycles. The summed E-state index contributed by atoms with van der Waals surface area (Å²) in [6, 6.07) is 26.1. The van der Waals surface area contributed by atoms with Crippen LogP contribution >= 0.6 is 0 Å². The van der Waals surface area contributed by atoms with Crippen LogP contribution in [-0.4, -0.2) is 32.3 Å². The van der Waals surface area contributed by atoms with Crippen LogP contribution in [0.15, 0.2) is 103 Å². The molecule has 0 aromatic heterocycles. The molecule has 1 amide bonds. The van der Waals surface area contributed by atoms with Gasteiger partial charge in [-0.3, -0.25) is 4.79 Å². The molecule has 226 valence electrons. The lowest BCUT2D eigenvalue weighted by molar-refractivity contribution is -0.275. The molecule has 0 aliphatic carbocycles. The predicted molar refractivity (Wildman–Crippen MR) is 147 cm³/mol. The average Bonchev–Trinajstić information content (AvgIpc) is 2.94. The number of halogens is 6. The van der Waals surface area contributed by atoms with Crippen LogP contribution in [0.25, 0.3) is 0 Å². The van der Waals surface area contributed by atoms with Gasteiger partial charge in [-0.05, 0) is 65.1 Å². The summed E-state index contributed by atoms with van der Waals surface area (Å²) < 4.78 is 92.5. The smallest absolute Gasteiger partial charge is 0.497 e. The fourth-order valence-electron chi connectivity index (χ4n) is 4.84. The number of ether oxygens (including phenoxy) is 3. The first-order valence-corrected chi connectivity index (χ1v) is 13.0. The Morgan fingerprint density at radius 3 is 1.70 bits per heavy atom. The van der Waals surface area contributed by atoms with E-state index in [4.69, 9.17) is 4.74 Å². The van der Waals surface area contributed by atoms with Crippen LogP contribution in [0.2, 0.25) is 0 Å². The van der Waals surface area contributed by atoms with Gasteiger partial charge in [0, 0.05) is 12.0 Å². The Bertz CT molecular complexity index is 1460. The Labute approximate surface area is 244 Å². The standard InChI is InChI=1S/C32H27F6NO4/c1-41-26-13-5-10-23(16-26)17-29(40)39-21-30(20-22-8-3-2-4-9-22,24-11-6-14-27(18-24)42-31(33,34)35)25-12-7-15-28(19-25)43-32(36,37)38/h2-16,18-19H,17,20-21H2,1H3,(H,39,40). The molecule has 4 rings (SSSR count). The highest BCUT2D eigenvalue weighted by Gasteiger charge is 2.38. The number of carbonyl (C=O) groups excluding carboxylic acids is 1. The van der Waals surface area contributed by atoms with Crippen molar-refractivity contribution in [2.24, 2.45) is 0 Å². The monoisotopic (exact) mass is 603 g/mol. The molecule has 0 unspecified atom stereocenters. The van der Waals surface area contributed by atoms with Gasteiger partial charge in [-0.2, -0.15) is 0 Å².